The van der Waals surface area contributed by atoms with Crippen molar-refractivity contribution in [1.82, 2.24) is 0 Å². The van der Waals surface area contributed by atoms with Gasteiger partial charge in [0.15, 0.2) is 0 Å². The van der Waals surface area contributed by atoms with Crippen LogP contribution in [0.2, 0.25) is 0 Å². The van der Waals surface area contributed by atoms with E-state index in [4.69, 9.17) is 10.00 Å². The van der Waals surface area contributed by atoms with Gasteiger partial charge in [-0.25, -0.2) is 13.2 Å². The van der Waals surface area contributed by atoms with Crippen LogP contribution in [0.1, 0.15) is 30.1 Å². The molecule has 2 aliphatic carbocycles. The highest BCUT2D eigenvalue weighted by Crippen LogP contribution is 2.52. The molecule has 1 aromatic carbocycles. The maximum absolute atomic E-state index is 14.3. The van der Waals surface area contributed by atoms with Gasteiger partial charge in [0.25, 0.3) is 5.92 Å². The van der Waals surface area contributed by atoms with Gasteiger partial charge in [-0.1, -0.05) is 0 Å². The van der Waals surface area contributed by atoms with Gasteiger partial charge in [-0.15, -0.1) is 0 Å². The van der Waals surface area contributed by atoms with Crippen molar-refractivity contribution in [2.75, 3.05) is 6.61 Å². The lowest BCUT2D eigenvalue weighted by molar-refractivity contribution is -0.0977. The summed E-state index contributed by atoms with van der Waals surface area (Å²) in [6.45, 7) is -0.495. The standard InChI is InChI=1S/C16H13F6NO2S/c17-14(3-8(4-14)6-23)7-25-10-1-2-11(26-16(20,21)22)12-9(10)5-15(18,19)13(12)24/h1-2,8,13,24H,3-5,7H2. The van der Waals surface area contributed by atoms with Crippen molar-refractivity contribution in [1.29, 1.82) is 5.26 Å². The molecule has 1 aromatic rings. The van der Waals surface area contributed by atoms with E-state index in [2.05, 4.69) is 0 Å². The van der Waals surface area contributed by atoms with E-state index in [1.54, 1.807) is 0 Å². The molecular weight excluding hydrogens is 384 g/mol. The quantitative estimate of drug-likeness (QED) is 0.599. The molecule has 1 fully saturated rings. The number of benzene rings is 1. The monoisotopic (exact) mass is 397 g/mol. The second-order valence-corrected chi connectivity index (χ2v) is 7.62. The van der Waals surface area contributed by atoms with E-state index in [9.17, 15) is 31.4 Å². The van der Waals surface area contributed by atoms with Gasteiger partial charge < -0.3 is 9.84 Å². The number of aliphatic hydroxyl groups is 1. The first-order valence-corrected chi connectivity index (χ1v) is 8.44. The minimum Gasteiger partial charge on any atom is -0.490 e. The van der Waals surface area contributed by atoms with E-state index in [0.717, 1.165) is 12.1 Å². The first kappa shape index (κ1) is 19.2. The van der Waals surface area contributed by atoms with Crippen LogP contribution in [0.25, 0.3) is 0 Å². The molecule has 0 spiro atoms. The third-order valence-electron chi connectivity index (χ3n) is 4.48. The molecule has 0 aliphatic heterocycles. The van der Waals surface area contributed by atoms with E-state index in [1.807, 2.05) is 6.07 Å². The lowest BCUT2D eigenvalue weighted by atomic mass is 9.73. The number of halogens is 6. The molecule has 1 saturated carbocycles. The summed E-state index contributed by atoms with van der Waals surface area (Å²) >= 11 is -0.597. The minimum atomic E-state index is -4.71. The van der Waals surface area contributed by atoms with Gasteiger partial charge in [-0.2, -0.15) is 18.4 Å². The van der Waals surface area contributed by atoms with E-state index in [-0.39, 0.29) is 24.2 Å². The average Bonchev–Trinajstić information content (AvgIpc) is 2.73. The van der Waals surface area contributed by atoms with Gasteiger partial charge in [0.05, 0.1) is 12.0 Å². The van der Waals surface area contributed by atoms with E-state index < -0.39 is 64.4 Å². The summed E-state index contributed by atoms with van der Waals surface area (Å²) < 4.78 is 85.2. The third kappa shape index (κ3) is 3.60. The Hall–Kier alpha value is -1.60. The van der Waals surface area contributed by atoms with Crippen LogP contribution in [0.5, 0.6) is 5.75 Å². The molecule has 0 radical (unpaired) electrons. The first-order valence-electron chi connectivity index (χ1n) is 7.63. The summed E-state index contributed by atoms with van der Waals surface area (Å²) in [4.78, 5) is -0.535. The van der Waals surface area contributed by atoms with Gasteiger partial charge in [-0.3, -0.25) is 0 Å². The smallest absolute Gasteiger partial charge is 0.446 e. The molecule has 0 saturated heterocycles. The SMILES string of the molecule is N#CC1CC(F)(COc2ccc(SC(F)(F)F)c3c2CC(F)(F)C3O)C1. The fourth-order valence-electron chi connectivity index (χ4n) is 3.24. The predicted molar refractivity (Wildman–Crippen MR) is 79.6 cm³/mol. The maximum Gasteiger partial charge on any atom is 0.446 e. The molecule has 3 rings (SSSR count). The molecular formula is C16H13F6NO2S. The van der Waals surface area contributed by atoms with E-state index in [0.29, 0.717) is 0 Å². The van der Waals surface area contributed by atoms with Gasteiger partial charge in [-0.05, 0) is 23.9 Å². The zero-order valence-electron chi connectivity index (χ0n) is 13.1. The fraction of sp³-hybridized carbons (Fsp3) is 0.562. The summed E-state index contributed by atoms with van der Waals surface area (Å²) in [5.41, 5.74) is -7.27. The third-order valence-corrected chi connectivity index (χ3v) is 5.29. The molecule has 1 unspecified atom stereocenters. The number of aliphatic hydroxyl groups excluding tert-OH is 1. The molecule has 0 heterocycles. The summed E-state index contributed by atoms with van der Waals surface area (Å²) in [6, 6.07) is 3.91. The number of rotatable bonds is 4. The highest BCUT2D eigenvalue weighted by molar-refractivity contribution is 8.00. The van der Waals surface area contributed by atoms with E-state index >= 15 is 0 Å². The van der Waals surface area contributed by atoms with Crippen molar-refractivity contribution in [3.8, 4) is 11.8 Å². The maximum atomic E-state index is 14.3. The Bertz CT molecular complexity index is 754. The Morgan fingerprint density at radius 1 is 1.27 bits per heavy atom. The van der Waals surface area contributed by atoms with Crippen LogP contribution < -0.4 is 4.74 Å². The summed E-state index contributed by atoms with van der Waals surface area (Å²) in [5.74, 6) is -4.26. The summed E-state index contributed by atoms with van der Waals surface area (Å²) in [5, 5.41) is 18.4. The van der Waals surface area contributed by atoms with Crippen molar-refractivity contribution in [3.63, 3.8) is 0 Å². The van der Waals surface area contributed by atoms with Gasteiger partial charge in [0, 0.05) is 35.3 Å². The van der Waals surface area contributed by atoms with Crippen molar-refractivity contribution in [2.24, 2.45) is 5.92 Å². The highest BCUT2D eigenvalue weighted by atomic mass is 32.2. The number of nitrogens with zero attached hydrogens (tertiary/aromatic N) is 1. The Morgan fingerprint density at radius 2 is 1.92 bits per heavy atom. The number of ether oxygens (including phenoxy) is 1. The van der Waals surface area contributed by atoms with Crippen molar-refractivity contribution in [2.45, 2.75) is 47.4 Å². The Balaban J connectivity index is 1.86. The van der Waals surface area contributed by atoms with Gasteiger partial charge in [0.1, 0.15) is 24.1 Å². The number of nitriles is 1. The van der Waals surface area contributed by atoms with Gasteiger partial charge >= 0.3 is 5.51 Å². The molecule has 1 atom stereocenters. The predicted octanol–water partition coefficient (Wildman–Crippen LogP) is 4.54. The number of alkyl halides is 6. The largest absolute Gasteiger partial charge is 0.490 e. The number of fused-ring (bicyclic) bond motifs is 1. The molecule has 0 bridgehead atoms. The second kappa shape index (κ2) is 6.23. The zero-order valence-corrected chi connectivity index (χ0v) is 13.9. The van der Waals surface area contributed by atoms with Crippen LogP contribution in [-0.2, 0) is 6.42 Å². The number of hydrogen-bond acceptors (Lipinski definition) is 4. The molecule has 0 aromatic heterocycles. The minimum absolute atomic E-state index is 0.0491. The molecule has 142 valence electrons. The van der Waals surface area contributed by atoms with Crippen LogP contribution in [0.15, 0.2) is 17.0 Å². The molecule has 3 nitrogen and oxygen atoms in total. The van der Waals surface area contributed by atoms with Crippen LogP contribution in [0.4, 0.5) is 26.3 Å². The van der Waals surface area contributed by atoms with Crippen LogP contribution in [-0.4, -0.2) is 28.8 Å². The second-order valence-electron chi connectivity index (χ2n) is 6.52. The zero-order chi connectivity index (χ0) is 19.3. The van der Waals surface area contributed by atoms with Crippen LogP contribution in [0, 0.1) is 17.2 Å². The molecule has 10 heteroatoms. The fourth-order valence-corrected chi connectivity index (χ4v) is 3.97. The Morgan fingerprint density at radius 3 is 2.50 bits per heavy atom. The van der Waals surface area contributed by atoms with Crippen LogP contribution >= 0.6 is 11.8 Å². The summed E-state index contributed by atoms with van der Waals surface area (Å²) in [7, 11) is 0. The summed E-state index contributed by atoms with van der Waals surface area (Å²) in [6.07, 6.45) is -3.48. The van der Waals surface area contributed by atoms with Gasteiger partial charge in [0.2, 0.25) is 0 Å². The Labute approximate surface area is 148 Å². The number of hydrogen-bond donors (Lipinski definition) is 1. The van der Waals surface area contributed by atoms with Crippen molar-refractivity contribution in [3.05, 3.63) is 23.3 Å². The highest BCUT2D eigenvalue weighted by Gasteiger charge is 2.51. The normalized spacial score (nSPS) is 29.6. The lowest BCUT2D eigenvalue weighted by Gasteiger charge is -2.37. The molecule has 2 aliphatic rings. The number of thioether (sulfide) groups is 1. The first-order chi connectivity index (χ1) is 11.9. The van der Waals surface area contributed by atoms with Crippen LogP contribution in [0.3, 0.4) is 0 Å². The molecule has 1 N–H and O–H groups in total. The van der Waals surface area contributed by atoms with Crippen molar-refractivity contribution >= 4 is 11.8 Å². The topological polar surface area (TPSA) is 53.2 Å². The van der Waals surface area contributed by atoms with E-state index in [1.165, 1.54) is 0 Å². The van der Waals surface area contributed by atoms with Crippen molar-refractivity contribution < 1.29 is 36.2 Å². The Kier molecular flexibility index (Phi) is 4.60. The molecule has 0 amide bonds. The lowest BCUT2D eigenvalue weighted by Crippen LogP contribution is -2.44. The molecule has 26 heavy (non-hydrogen) atoms. The average molecular weight is 397 g/mol.